The normalized spacial score (nSPS) is 17.0. The van der Waals surface area contributed by atoms with Crippen molar-refractivity contribution in [1.82, 2.24) is 4.90 Å². The van der Waals surface area contributed by atoms with E-state index in [-0.39, 0.29) is 18.3 Å². The van der Waals surface area contributed by atoms with Gasteiger partial charge in [-0.3, -0.25) is 9.59 Å². The average Bonchev–Trinajstić information content (AvgIpc) is 2.66. The monoisotopic (exact) mass is 358 g/mol. The van der Waals surface area contributed by atoms with E-state index in [0.717, 1.165) is 0 Å². The number of hydrogen-bond donors (Lipinski definition) is 1. The van der Waals surface area contributed by atoms with E-state index < -0.39 is 12.0 Å². The highest BCUT2D eigenvalue weighted by atomic mass is 19.1. The number of nitrogens with zero attached hydrogens (tertiary/aromatic N) is 1. The predicted molar refractivity (Wildman–Crippen MR) is 92.1 cm³/mol. The van der Waals surface area contributed by atoms with E-state index >= 15 is 0 Å². The van der Waals surface area contributed by atoms with Crippen LogP contribution in [-0.4, -0.2) is 43.0 Å². The third kappa shape index (κ3) is 4.18. The van der Waals surface area contributed by atoms with Crippen molar-refractivity contribution in [2.24, 2.45) is 5.73 Å². The summed E-state index contributed by atoms with van der Waals surface area (Å²) in [5, 5.41) is 0. The van der Waals surface area contributed by atoms with E-state index in [4.69, 9.17) is 15.2 Å². The number of amides is 2. The number of ether oxygens (including phenoxy) is 2. The molecule has 1 unspecified atom stereocenters. The topological polar surface area (TPSA) is 81.9 Å². The summed E-state index contributed by atoms with van der Waals surface area (Å²) in [7, 11) is 0. The summed E-state index contributed by atoms with van der Waals surface area (Å²) in [6.45, 7) is 0.748. The van der Waals surface area contributed by atoms with Gasteiger partial charge in [-0.1, -0.05) is 24.3 Å². The zero-order valence-corrected chi connectivity index (χ0v) is 14.1. The van der Waals surface area contributed by atoms with E-state index in [9.17, 15) is 14.0 Å². The van der Waals surface area contributed by atoms with Gasteiger partial charge in [0.15, 0.2) is 6.61 Å². The highest BCUT2D eigenvalue weighted by Gasteiger charge is 2.27. The van der Waals surface area contributed by atoms with Crippen LogP contribution in [0.1, 0.15) is 22.0 Å². The Labute approximate surface area is 150 Å². The predicted octanol–water partition coefficient (Wildman–Crippen LogP) is 1.90. The molecule has 2 N–H and O–H groups in total. The standard InChI is InChI=1S/C19H19FN2O4/c20-14-5-3-4-13(10-14)17-11-22(8-9-25-17)19(24)15-6-1-2-7-16(15)26-12-18(21)23/h1-7,10,17H,8-9,11-12H2,(H2,21,23). The fraction of sp³-hybridized carbons (Fsp3) is 0.263. The third-order valence-corrected chi connectivity index (χ3v) is 4.06. The molecular formula is C19H19FN2O4. The van der Waals surface area contributed by atoms with Crippen LogP contribution in [0.15, 0.2) is 48.5 Å². The summed E-state index contributed by atoms with van der Waals surface area (Å²) >= 11 is 0. The van der Waals surface area contributed by atoms with Gasteiger partial charge in [0.2, 0.25) is 0 Å². The molecule has 3 rings (SSSR count). The highest BCUT2D eigenvalue weighted by molar-refractivity contribution is 5.97. The van der Waals surface area contributed by atoms with E-state index in [0.29, 0.717) is 36.6 Å². The fourth-order valence-corrected chi connectivity index (χ4v) is 2.83. The van der Waals surface area contributed by atoms with Crippen molar-refractivity contribution in [2.75, 3.05) is 26.3 Å². The summed E-state index contributed by atoms with van der Waals surface area (Å²) in [5.41, 5.74) is 6.12. The molecule has 1 heterocycles. The first-order chi connectivity index (χ1) is 12.5. The highest BCUT2D eigenvalue weighted by Crippen LogP contribution is 2.26. The molecular weight excluding hydrogens is 339 g/mol. The number of primary amides is 1. The first-order valence-electron chi connectivity index (χ1n) is 8.21. The zero-order valence-electron chi connectivity index (χ0n) is 14.1. The number of para-hydroxylation sites is 1. The van der Waals surface area contributed by atoms with Crippen LogP contribution in [0.3, 0.4) is 0 Å². The van der Waals surface area contributed by atoms with Crippen LogP contribution in [0.25, 0.3) is 0 Å². The second kappa shape index (κ2) is 7.97. The lowest BCUT2D eigenvalue weighted by molar-refractivity contribution is -0.119. The molecule has 7 heteroatoms. The molecule has 1 aliphatic rings. The smallest absolute Gasteiger partial charge is 0.257 e. The Balaban J connectivity index is 1.76. The van der Waals surface area contributed by atoms with Crippen LogP contribution in [0.2, 0.25) is 0 Å². The van der Waals surface area contributed by atoms with Crippen LogP contribution in [0.5, 0.6) is 5.75 Å². The molecule has 0 aliphatic carbocycles. The van der Waals surface area contributed by atoms with Gasteiger partial charge >= 0.3 is 0 Å². The van der Waals surface area contributed by atoms with E-state index in [2.05, 4.69) is 0 Å². The van der Waals surface area contributed by atoms with Crippen molar-refractivity contribution in [1.29, 1.82) is 0 Å². The molecule has 6 nitrogen and oxygen atoms in total. The van der Waals surface area contributed by atoms with Crippen molar-refractivity contribution in [3.8, 4) is 5.75 Å². The lowest BCUT2D eigenvalue weighted by atomic mass is 10.1. The van der Waals surface area contributed by atoms with Crippen molar-refractivity contribution in [2.45, 2.75) is 6.10 Å². The number of halogens is 1. The lowest BCUT2D eigenvalue weighted by Crippen LogP contribution is -2.42. The number of rotatable bonds is 5. The molecule has 2 aromatic carbocycles. The summed E-state index contributed by atoms with van der Waals surface area (Å²) < 4.78 is 24.5. The van der Waals surface area contributed by atoms with Gasteiger partial charge in [0.05, 0.1) is 18.7 Å². The van der Waals surface area contributed by atoms with E-state index in [1.54, 1.807) is 41.3 Å². The molecule has 26 heavy (non-hydrogen) atoms. The van der Waals surface area contributed by atoms with Crippen LogP contribution >= 0.6 is 0 Å². The quantitative estimate of drug-likeness (QED) is 0.885. The largest absolute Gasteiger partial charge is 0.483 e. The molecule has 0 radical (unpaired) electrons. The van der Waals surface area contributed by atoms with Crippen molar-refractivity contribution in [3.63, 3.8) is 0 Å². The molecule has 2 amide bonds. The summed E-state index contributed by atoms with van der Waals surface area (Å²) in [4.78, 5) is 25.5. The molecule has 0 spiro atoms. The summed E-state index contributed by atoms with van der Waals surface area (Å²) in [5.74, 6) is -0.913. The van der Waals surface area contributed by atoms with Gasteiger partial charge in [-0.15, -0.1) is 0 Å². The molecule has 0 bridgehead atoms. The summed E-state index contributed by atoms with van der Waals surface area (Å²) in [6.07, 6.45) is -0.401. The first-order valence-corrected chi connectivity index (χ1v) is 8.21. The van der Waals surface area contributed by atoms with Gasteiger partial charge in [-0.2, -0.15) is 0 Å². The van der Waals surface area contributed by atoms with Gasteiger partial charge in [-0.05, 0) is 29.8 Å². The Morgan fingerprint density at radius 1 is 1.23 bits per heavy atom. The van der Waals surface area contributed by atoms with Gasteiger partial charge < -0.3 is 20.1 Å². The van der Waals surface area contributed by atoms with Crippen molar-refractivity contribution >= 4 is 11.8 Å². The Hall–Kier alpha value is -2.93. The second-order valence-electron chi connectivity index (χ2n) is 5.92. The molecule has 1 saturated heterocycles. The molecule has 1 fully saturated rings. The van der Waals surface area contributed by atoms with Crippen LogP contribution in [-0.2, 0) is 9.53 Å². The van der Waals surface area contributed by atoms with Crippen LogP contribution < -0.4 is 10.5 Å². The summed E-state index contributed by atoms with van der Waals surface area (Å²) in [6, 6.07) is 12.8. The van der Waals surface area contributed by atoms with Gasteiger partial charge in [0.25, 0.3) is 11.8 Å². The minimum absolute atomic E-state index is 0.241. The Morgan fingerprint density at radius 3 is 2.81 bits per heavy atom. The number of hydrogen-bond acceptors (Lipinski definition) is 4. The lowest BCUT2D eigenvalue weighted by Gasteiger charge is -2.33. The Bertz CT molecular complexity index is 812. The maximum absolute atomic E-state index is 13.5. The number of morpholine rings is 1. The second-order valence-corrected chi connectivity index (χ2v) is 5.92. The van der Waals surface area contributed by atoms with Crippen LogP contribution in [0, 0.1) is 5.82 Å². The van der Waals surface area contributed by atoms with Crippen molar-refractivity contribution in [3.05, 3.63) is 65.5 Å². The molecule has 2 aromatic rings. The average molecular weight is 358 g/mol. The molecule has 0 saturated carbocycles. The Morgan fingerprint density at radius 2 is 2.04 bits per heavy atom. The number of carbonyl (C=O) groups is 2. The Kier molecular flexibility index (Phi) is 5.48. The van der Waals surface area contributed by atoms with Gasteiger partial charge in [0.1, 0.15) is 17.7 Å². The number of benzene rings is 2. The number of nitrogens with two attached hydrogens (primary N) is 1. The molecule has 0 aromatic heterocycles. The van der Waals surface area contributed by atoms with Crippen molar-refractivity contribution < 1.29 is 23.5 Å². The fourth-order valence-electron chi connectivity index (χ4n) is 2.83. The zero-order chi connectivity index (χ0) is 18.5. The van der Waals surface area contributed by atoms with E-state index in [1.807, 2.05) is 0 Å². The van der Waals surface area contributed by atoms with Gasteiger partial charge in [0, 0.05) is 6.54 Å². The minimum Gasteiger partial charge on any atom is -0.483 e. The van der Waals surface area contributed by atoms with Gasteiger partial charge in [-0.25, -0.2) is 4.39 Å². The molecule has 136 valence electrons. The van der Waals surface area contributed by atoms with E-state index in [1.165, 1.54) is 12.1 Å². The maximum Gasteiger partial charge on any atom is 0.257 e. The molecule has 1 aliphatic heterocycles. The molecule has 1 atom stereocenters. The number of carbonyl (C=O) groups excluding carboxylic acids is 2. The van der Waals surface area contributed by atoms with Crippen LogP contribution in [0.4, 0.5) is 4.39 Å². The first kappa shape index (κ1) is 17.9. The maximum atomic E-state index is 13.5. The third-order valence-electron chi connectivity index (χ3n) is 4.06. The minimum atomic E-state index is -0.621. The SMILES string of the molecule is NC(=O)COc1ccccc1C(=O)N1CCOC(c2cccc(F)c2)C1.